The van der Waals surface area contributed by atoms with Gasteiger partial charge in [0.15, 0.2) is 0 Å². The number of amides is 1. The number of nitrogens with zero attached hydrogens (tertiary/aromatic N) is 1. The van der Waals surface area contributed by atoms with Gasteiger partial charge in [-0.2, -0.15) is 4.72 Å². The molecule has 0 aliphatic rings. The Morgan fingerprint density at radius 3 is 2.09 bits per heavy atom. The molecule has 0 heterocycles. The normalized spacial score (nSPS) is 12.5. The Bertz CT molecular complexity index is 1040. The number of halogens is 1. The number of benzene rings is 2. The first kappa shape index (κ1) is 27.8. The Kier molecular flexibility index (Phi) is 11.0. The van der Waals surface area contributed by atoms with Crippen molar-refractivity contribution in [1.82, 2.24) is 14.9 Å². The molecule has 0 unspecified atom stereocenters. The summed E-state index contributed by atoms with van der Waals surface area (Å²) in [5, 5.41) is 12.8. The van der Waals surface area contributed by atoms with E-state index in [1.807, 2.05) is 26.0 Å². The molecule has 2 aromatic rings. The van der Waals surface area contributed by atoms with Crippen molar-refractivity contribution in [3.8, 4) is 11.1 Å². The fourth-order valence-corrected chi connectivity index (χ4v) is 4.73. The first-order valence-electron chi connectivity index (χ1n) is 11.3. The topological polar surface area (TPSA) is 116 Å². The zero-order chi connectivity index (χ0) is 25.1. The summed E-state index contributed by atoms with van der Waals surface area (Å²) < 4.78 is 27.7. The van der Waals surface area contributed by atoms with Gasteiger partial charge in [0, 0.05) is 24.5 Å². The highest BCUT2D eigenvalue weighted by Gasteiger charge is 2.25. The quantitative estimate of drug-likeness (QED) is 0.336. The lowest BCUT2D eigenvalue weighted by atomic mass is 10.1. The second-order valence-corrected chi connectivity index (χ2v) is 9.96. The second kappa shape index (κ2) is 13.4. The monoisotopic (exact) mass is 509 g/mol. The molecule has 2 rings (SSSR count). The minimum atomic E-state index is -4.03. The number of carboxylic acid groups (broad SMARTS) is 1. The average molecular weight is 510 g/mol. The van der Waals surface area contributed by atoms with Crippen LogP contribution in [-0.4, -0.2) is 62.5 Å². The van der Waals surface area contributed by atoms with Gasteiger partial charge in [-0.05, 0) is 61.3 Å². The second-order valence-electron chi connectivity index (χ2n) is 7.81. The Hall–Kier alpha value is -2.46. The molecule has 1 amide bonds. The maximum Gasteiger partial charge on any atom is 0.321 e. The van der Waals surface area contributed by atoms with E-state index < -0.39 is 22.0 Å². The van der Waals surface area contributed by atoms with Gasteiger partial charge in [0.1, 0.15) is 6.04 Å². The van der Waals surface area contributed by atoms with Gasteiger partial charge >= 0.3 is 5.97 Å². The van der Waals surface area contributed by atoms with Crippen molar-refractivity contribution in [2.75, 3.05) is 26.2 Å². The summed E-state index contributed by atoms with van der Waals surface area (Å²) >= 11 is 5.90. The van der Waals surface area contributed by atoms with Gasteiger partial charge in [0.05, 0.1) is 4.90 Å². The number of nitrogens with one attached hydrogen (secondary N) is 2. The maximum atomic E-state index is 12.7. The van der Waals surface area contributed by atoms with Gasteiger partial charge in [-0.3, -0.25) is 9.59 Å². The van der Waals surface area contributed by atoms with Crippen molar-refractivity contribution in [2.24, 2.45) is 0 Å². The van der Waals surface area contributed by atoms with Crippen molar-refractivity contribution in [1.29, 1.82) is 0 Å². The molecule has 0 aliphatic carbocycles. The molecule has 1 atom stereocenters. The number of hydrogen-bond donors (Lipinski definition) is 3. The van der Waals surface area contributed by atoms with E-state index in [0.717, 1.165) is 24.2 Å². The van der Waals surface area contributed by atoms with Gasteiger partial charge in [0.25, 0.3) is 0 Å². The van der Waals surface area contributed by atoms with Crippen LogP contribution >= 0.6 is 11.6 Å². The molecule has 0 spiro atoms. The molecule has 0 saturated heterocycles. The number of hydrogen-bond acceptors (Lipinski definition) is 5. The summed E-state index contributed by atoms with van der Waals surface area (Å²) in [6.07, 6.45) is 0.739. The standard InChI is InChI=1S/C24H32ClN3O5S/c1-3-28(4-2)17-15-23(29)26-16-5-6-22(24(30)31)27-34(32,33)21-13-9-19(10-14-21)18-7-11-20(25)12-8-18/h7-14,22,27H,3-6,15-17H2,1-2H3,(H,26,29)(H,30,31)/t22-/m0/s1. The molecule has 0 aliphatic heterocycles. The summed E-state index contributed by atoms with van der Waals surface area (Å²) in [4.78, 5) is 25.7. The van der Waals surface area contributed by atoms with Crippen molar-refractivity contribution in [2.45, 2.75) is 44.0 Å². The highest BCUT2D eigenvalue weighted by atomic mass is 35.5. The molecular weight excluding hydrogens is 478 g/mol. The Morgan fingerprint density at radius 2 is 1.56 bits per heavy atom. The Labute approximate surface area is 206 Å². The average Bonchev–Trinajstić information content (AvgIpc) is 2.82. The van der Waals surface area contributed by atoms with Gasteiger partial charge in [-0.15, -0.1) is 0 Å². The molecule has 0 fully saturated rings. The van der Waals surface area contributed by atoms with Crippen molar-refractivity contribution in [3.05, 3.63) is 53.6 Å². The summed E-state index contributed by atoms with van der Waals surface area (Å²) in [7, 11) is -4.03. The maximum absolute atomic E-state index is 12.7. The van der Waals surface area contributed by atoms with Crippen molar-refractivity contribution >= 4 is 33.5 Å². The molecule has 3 N–H and O–H groups in total. The molecule has 0 saturated carbocycles. The van der Waals surface area contributed by atoms with Gasteiger partial charge < -0.3 is 15.3 Å². The zero-order valence-corrected chi connectivity index (χ0v) is 21.0. The van der Waals surface area contributed by atoms with E-state index in [1.165, 1.54) is 12.1 Å². The molecular formula is C24H32ClN3O5S. The summed E-state index contributed by atoms with van der Waals surface area (Å²) in [6.45, 7) is 6.73. The van der Waals surface area contributed by atoms with E-state index in [9.17, 15) is 23.1 Å². The molecule has 2 aromatic carbocycles. The molecule has 0 radical (unpaired) electrons. The zero-order valence-electron chi connectivity index (χ0n) is 19.5. The van der Waals surface area contributed by atoms with Crippen molar-refractivity contribution < 1.29 is 23.1 Å². The van der Waals surface area contributed by atoms with E-state index in [0.29, 0.717) is 24.4 Å². The van der Waals surface area contributed by atoms with Crippen LogP contribution in [0.2, 0.25) is 5.02 Å². The van der Waals surface area contributed by atoms with Crippen LogP contribution in [0.5, 0.6) is 0 Å². The SMILES string of the molecule is CCN(CC)CCC(=O)NCCC[C@H](NS(=O)(=O)c1ccc(-c2ccc(Cl)cc2)cc1)C(=O)O. The third kappa shape index (κ3) is 8.72. The minimum absolute atomic E-state index is 0.0267. The molecule has 8 nitrogen and oxygen atoms in total. The molecule has 0 aromatic heterocycles. The van der Waals surface area contributed by atoms with Gasteiger partial charge in [-0.1, -0.05) is 49.7 Å². The van der Waals surface area contributed by atoms with Crippen LogP contribution in [0.1, 0.15) is 33.1 Å². The number of rotatable bonds is 14. The fraction of sp³-hybridized carbons (Fsp3) is 0.417. The summed E-state index contributed by atoms with van der Waals surface area (Å²) in [6, 6.07) is 12.0. The van der Waals surface area contributed by atoms with Crippen LogP contribution in [-0.2, 0) is 19.6 Å². The van der Waals surface area contributed by atoms with E-state index >= 15 is 0 Å². The number of carbonyl (C=O) groups is 2. The number of sulfonamides is 1. The lowest BCUT2D eigenvalue weighted by molar-refractivity contribution is -0.139. The van der Waals surface area contributed by atoms with Crippen LogP contribution < -0.4 is 10.0 Å². The fourth-order valence-electron chi connectivity index (χ4n) is 3.38. The first-order valence-corrected chi connectivity index (χ1v) is 13.1. The minimum Gasteiger partial charge on any atom is -0.480 e. The molecule has 0 bridgehead atoms. The molecule has 34 heavy (non-hydrogen) atoms. The molecule has 10 heteroatoms. The predicted molar refractivity (Wildman–Crippen MR) is 133 cm³/mol. The van der Waals surface area contributed by atoms with Crippen LogP contribution in [0.15, 0.2) is 53.4 Å². The Morgan fingerprint density at radius 1 is 1.00 bits per heavy atom. The lowest BCUT2D eigenvalue weighted by Crippen LogP contribution is -2.41. The van der Waals surface area contributed by atoms with Crippen LogP contribution in [0, 0.1) is 0 Å². The largest absolute Gasteiger partial charge is 0.480 e. The van der Waals surface area contributed by atoms with E-state index in [4.69, 9.17) is 11.6 Å². The van der Waals surface area contributed by atoms with Crippen LogP contribution in [0.3, 0.4) is 0 Å². The third-order valence-electron chi connectivity index (χ3n) is 5.48. The van der Waals surface area contributed by atoms with Gasteiger partial charge in [-0.25, -0.2) is 8.42 Å². The summed E-state index contributed by atoms with van der Waals surface area (Å²) in [5.41, 5.74) is 1.69. The van der Waals surface area contributed by atoms with Crippen LogP contribution in [0.4, 0.5) is 0 Å². The van der Waals surface area contributed by atoms with Crippen molar-refractivity contribution in [3.63, 3.8) is 0 Å². The highest BCUT2D eigenvalue weighted by molar-refractivity contribution is 7.89. The highest BCUT2D eigenvalue weighted by Crippen LogP contribution is 2.23. The predicted octanol–water partition coefficient (Wildman–Crippen LogP) is 3.37. The third-order valence-corrected chi connectivity index (χ3v) is 7.22. The smallest absolute Gasteiger partial charge is 0.321 e. The lowest BCUT2D eigenvalue weighted by Gasteiger charge is -2.17. The summed E-state index contributed by atoms with van der Waals surface area (Å²) in [5.74, 6) is -1.38. The molecule has 186 valence electrons. The number of aliphatic carboxylic acids is 1. The van der Waals surface area contributed by atoms with E-state index in [1.54, 1.807) is 24.3 Å². The first-order chi connectivity index (χ1) is 16.2. The Balaban J connectivity index is 1.89. The van der Waals surface area contributed by atoms with E-state index in [2.05, 4.69) is 14.9 Å². The number of carbonyl (C=O) groups excluding carboxylic acids is 1. The number of carboxylic acids is 1. The van der Waals surface area contributed by atoms with E-state index in [-0.39, 0.29) is 23.8 Å². The van der Waals surface area contributed by atoms with Gasteiger partial charge in [0.2, 0.25) is 15.9 Å². The van der Waals surface area contributed by atoms with Crippen LogP contribution in [0.25, 0.3) is 11.1 Å².